The van der Waals surface area contributed by atoms with E-state index in [1.54, 1.807) is 13.8 Å². The van der Waals surface area contributed by atoms with E-state index in [-0.39, 0.29) is 0 Å². The molecule has 0 aromatic heterocycles. The van der Waals surface area contributed by atoms with E-state index in [1.165, 1.54) is 37.5 Å². The van der Waals surface area contributed by atoms with Gasteiger partial charge in [0, 0.05) is 0 Å². The molecule has 0 amide bonds. The van der Waals surface area contributed by atoms with Gasteiger partial charge in [0.15, 0.2) is 0 Å². The van der Waals surface area contributed by atoms with Crippen LogP contribution >= 0.6 is 15.2 Å². The van der Waals surface area contributed by atoms with Crippen molar-refractivity contribution < 1.29 is 27.1 Å². The third-order valence-corrected chi connectivity index (χ3v) is 13.5. The van der Waals surface area contributed by atoms with E-state index >= 15 is 0 Å². The number of hydrogen-bond donors (Lipinski definition) is 0. The van der Waals surface area contributed by atoms with Gasteiger partial charge in [0.05, 0.1) is 0 Å². The van der Waals surface area contributed by atoms with Crippen molar-refractivity contribution in [3.63, 3.8) is 0 Å². The Morgan fingerprint density at radius 2 is 1.05 bits per heavy atom. The predicted octanol–water partition coefficient (Wildman–Crippen LogP) is 2.17. The molecule has 0 spiro atoms. The van der Waals surface area contributed by atoms with Gasteiger partial charge in [-0.25, -0.2) is 0 Å². The van der Waals surface area contributed by atoms with Crippen LogP contribution in [0.2, 0.25) is 0 Å². The topological polar surface area (TPSA) is 86.6 Å². The van der Waals surface area contributed by atoms with E-state index < -0.39 is 15.2 Å². The predicted molar refractivity (Wildman–Crippen MR) is 73.9 cm³/mol. The standard InChI is InChI=1S/C8H18N4O6P2/c1-7-9-11-19(13-3,14-4,17-7)12-10-8(2)18-20(11,12,15-5)16-6/h1-6H3. The van der Waals surface area contributed by atoms with E-state index in [2.05, 4.69) is 10.2 Å². The van der Waals surface area contributed by atoms with E-state index in [9.17, 15) is 0 Å². The zero-order valence-corrected chi connectivity index (χ0v) is 13.9. The fourth-order valence-corrected chi connectivity index (χ4v) is 13.7. The Balaban J connectivity index is 2.27. The van der Waals surface area contributed by atoms with Crippen LogP contribution in [-0.2, 0) is 27.1 Å². The summed E-state index contributed by atoms with van der Waals surface area (Å²) in [6.45, 7) is 3.36. The van der Waals surface area contributed by atoms with Crippen LogP contribution in [-0.4, -0.2) is 49.3 Å². The van der Waals surface area contributed by atoms with Gasteiger partial charge < -0.3 is 0 Å². The molecule has 20 heavy (non-hydrogen) atoms. The van der Waals surface area contributed by atoms with Crippen LogP contribution < -0.4 is 0 Å². The Hall–Kier alpha value is -0.760. The third kappa shape index (κ3) is 1.01. The zero-order valence-electron chi connectivity index (χ0n) is 12.1. The molecule has 0 saturated carbocycles. The molecule has 0 aromatic rings. The molecule has 0 aliphatic carbocycles. The van der Waals surface area contributed by atoms with Crippen molar-refractivity contribution in [3.05, 3.63) is 0 Å². The van der Waals surface area contributed by atoms with Crippen molar-refractivity contribution in [2.75, 3.05) is 28.4 Å². The van der Waals surface area contributed by atoms with Gasteiger partial charge in [-0.15, -0.1) is 0 Å². The average Bonchev–Trinajstić information content (AvgIpc) is 2.92. The molecule has 3 heterocycles. The van der Waals surface area contributed by atoms with E-state index in [0.717, 1.165) is 0 Å². The minimum absolute atomic E-state index is 0.357. The molecular formula is C8H18N4O6P2. The van der Waals surface area contributed by atoms with Crippen molar-refractivity contribution in [3.8, 4) is 0 Å². The molecule has 1 saturated heterocycles. The van der Waals surface area contributed by atoms with Crippen molar-refractivity contribution in [2.24, 2.45) is 10.2 Å². The summed E-state index contributed by atoms with van der Waals surface area (Å²) < 4.78 is 37.0. The van der Waals surface area contributed by atoms with Crippen LogP contribution in [0.3, 0.4) is 0 Å². The van der Waals surface area contributed by atoms with E-state index in [4.69, 9.17) is 27.1 Å². The van der Waals surface area contributed by atoms with Gasteiger partial charge in [0.25, 0.3) is 0 Å². The summed E-state index contributed by atoms with van der Waals surface area (Å²) in [7, 11) is -2.08. The summed E-state index contributed by atoms with van der Waals surface area (Å²) in [6, 6.07) is 0. The Bertz CT molecular complexity index is 481. The Kier molecular flexibility index (Phi) is 2.50. The van der Waals surface area contributed by atoms with Crippen LogP contribution in [0.15, 0.2) is 10.2 Å². The SMILES string of the molecule is COP12(OC)OC(C)=NN1P1(OC)(OC)OC(C)=NN21. The molecule has 12 heteroatoms. The second kappa shape index (κ2) is 3.52. The maximum absolute atomic E-state index is 5.82. The number of hydrazone groups is 2. The van der Waals surface area contributed by atoms with Crippen LogP contribution in [0.1, 0.15) is 13.8 Å². The third-order valence-electron chi connectivity index (χ3n) is 3.48. The molecule has 116 valence electrons. The molecule has 0 unspecified atom stereocenters. The molecule has 1 fully saturated rings. The van der Waals surface area contributed by atoms with Crippen LogP contribution in [0.5, 0.6) is 0 Å². The van der Waals surface area contributed by atoms with Crippen LogP contribution in [0.4, 0.5) is 0 Å². The Labute approximate surface area is 116 Å². The van der Waals surface area contributed by atoms with E-state index in [1.807, 2.05) is 0 Å². The van der Waals surface area contributed by atoms with Crippen LogP contribution in [0.25, 0.3) is 0 Å². The normalized spacial score (nSPS) is 33.7. The Morgan fingerprint density at radius 1 is 0.750 bits per heavy atom. The van der Waals surface area contributed by atoms with Gasteiger partial charge in [-0.1, -0.05) is 0 Å². The van der Waals surface area contributed by atoms with Gasteiger partial charge in [0.1, 0.15) is 0 Å². The minimum atomic E-state index is -3.96. The first-order valence-corrected chi connectivity index (χ1v) is 9.57. The molecule has 0 N–H and O–H groups in total. The molecule has 0 radical (unpaired) electrons. The molecular weight excluding hydrogens is 310 g/mol. The van der Waals surface area contributed by atoms with Crippen molar-refractivity contribution in [1.82, 2.24) is 9.10 Å². The molecule has 3 aliphatic heterocycles. The summed E-state index contributed by atoms with van der Waals surface area (Å²) in [4.78, 5) is 0. The second-order valence-electron chi connectivity index (χ2n) is 4.29. The van der Waals surface area contributed by atoms with Crippen LogP contribution in [0, 0.1) is 0 Å². The Morgan fingerprint density at radius 3 is 1.30 bits per heavy atom. The summed E-state index contributed by atoms with van der Waals surface area (Å²) in [6.07, 6.45) is 0. The molecule has 0 bridgehead atoms. The zero-order chi connectivity index (χ0) is 14.9. The first-order chi connectivity index (χ1) is 9.36. The number of fused-ring (bicyclic) bond motifs is 4. The molecule has 0 aromatic carbocycles. The second-order valence-corrected chi connectivity index (χ2v) is 11.5. The van der Waals surface area contributed by atoms with Gasteiger partial charge >= 0.3 is 116 Å². The average molecular weight is 328 g/mol. The van der Waals surface area contributed by atoms with Gasteiger partial charge in [-0.3, -0.25) is 0 Å². The van der Waals surface area contributed by atoms with Crippen molar-refractivity contribution in [1.29, 1.82) is 0 Å². The molecule has 3 aliphatic rings. The molecule has 3 rings (SSSR count). The quantitative estimate of drug-likeness (QED) is 0.726. The molecule has 0 atom stereocenters. The van der Waals surface area contributed by atoms with Gasteiger partial charge in [0.2, 0.25) is 0 Å². The summed E-state index contributed by atoms with van der Waals surface area (Å²) in [5, 5.41) is 8.62. The number of nitrogens with zero attached hydrogens (tertiary/aromatic N) is 4. The van der Waals surface area contributed by atoms with E-state index in [0.29, 0.717) is 11.8 Å². The summed E-state index contributed by atoms with van der Waals surface area (Å²) >= 11 is 0. The first-order valence-electron chi connectivity index (χ1n) is 5.78. The maximum atomic E-state index is 5.82. The first kappa shape index (κ1) is 14.2. The van der Waals surface area contributed by atoms with Crippen molar-refractivity contribution in [2.45, 2.75) is 13.8 Å². The number of rotatable bonds is 4. The van der Waals surface area contributed by atoms with Gasteiger partial charge in [-0.2, -0.15) is 0 Å². The molecule has 10 nitrogen and oxygen atoms in total. The summed E-state index contributed by atoms with van der Waals surface area (Å²) in [5.74, 6) is 0.714. The monoisotopic (exact) mass is 328 g/mol. The van der Waals surface area contributed by atoms with Gasteiger partial charge in [-0.05, 0) is 0 Å². The fraction of sp³-hybridized carbons (Fsp3) is 0.750. The fourth-order valence-electron chi connectivity index (χ4n) is 2.68. The summed E-state index contributed by atoms with van der Waals surface area (Å²) in [5.41, 5.74) is 0. The van der Waals surface area contributed by atoms with Crippen molar-refractivity contribution >= 4 is 27.0 Å². The number of hydrogen-bond acceptors (Lipinski definition) is 10.